The summed E-state index contributed by atoms with van der Waals surface area (Å²) >= 11 is 1.58. The van der Waals surface area contributed by atoms with Gasteiger partial charge in [-0.2, -0.15) is 0 Å². The zero-order valence-electron chi connectivity index (χ0n) is 18.2. The lowest BCUT2D eigenvalue weighted by Gasteiger charge is -2.40. The van der Waals surface area contributed by atoms with Crippen LogP contribution in [0.1, 0.15) is 18.4 Å². The van der Waals surface area contributed by atoms with Crippen molar-refractivity contribution >= 4 is 33.7 Å². The number of hydrogen-bond donors (Lipinski definition) is 1. The van der Waals surface area contributed by atoms with E-state index < -0.39 is 0 Å². The van der Waals surface area contributed by atoms with Crippen molar-refractivity contribution < 1.29 is 19.1 Å². The third-order valence-corrected chi connectivity index (χ3v) is 6.83. The average Bonchev–Trinajstić information content (AvgIpc) is 3.30. The number of carbonyl (C=O) groups is 2. The first kappa shape index (κ1) is 21.5. The van der Waals surface area contributed by atoms with Crippen LogP contribution in [0.3, 0.4) is 0 Å². The molecule has 0 radical (unpaired) electrons. The summed E-state index contributed by atoms with van der Waals surface area (Å²) < 4.78 is 12.6. The van der Waals surface area contributed by atoms with Gasteiger partial charge in [0.2, 0.25) is 0 Å². The molecule has 33 heavy (non-hydrogen) atoms. The Hall–Kier alpha value is -3.33. The number of thiazole rings is 1. The molecule has 2 aromatic carbocycles. The highest BCUT2D eigenvalue weighted by molar-refractivity contribution is 7.16. The molecule has 8 nitrogen and oxygen atoms in total. The second kappa shape index (κ2) is 9.66. The van der Waals surface area contributed by atoms with E-state index in [-0.39, 0.29) is 30.9 Å². The molecule has 1 aromatic heterocycles. The number of likely N-dealkylation sites (tertiary alicyclic amines) is 2. The van der Waals surface area contributed by atoms with Gasteiger partial charge < -0.3 is 24.6 Å². The number of para-hydroxylation sites is 1. The maximum absolute atomic E-state index is 12.6. The summed E-state index contributed by atoms with van der Waals surface area (Å²) in [4.78, 5) is 32.7. The number of aromatic nitrogens is 1. The van der Waals surface area contributed by atoms with Gasteiger partial charge in [0, 0.05) is 19.1 Å². The van der Waals surface area contributed by atoms with Gasteiger partial charge in [-0.3, -0.25) is 0 Å². The average molecular weight is 467 g/mol. The van der Waals surface area contributed by atoms with E-state index in [4.69, 9.17) is 9.47 Å². The molecule has 2 saturated heterocycles. The molecule has 9 heteroatoms. The van der Waals surface area contributed by atoms with E-state index >= 15 is 0 Å². The quantitative estimate of drug-likeness (QED) is 0.617. The highest BCUT2D eigenvalue weighted by Gasteiger charge is 2.34. The molecule has 2 aliphatic rings. The normalized spacial score (nSPS) is 17.0. The fourth-order valence-corrected chi connectivity index (χ4v) is 4.79. The number of ether oxygens (including phenoxy) is 2. The van der Waals surface area contributed by atoms with Crippen LogP contribution in [-0.2, 0) is 11.3 Å². The highest BCUT2D eigenvalue weighted by atomic mass is 32.1. The molecule has 2 aliphatic heterocycles. The second-order valence-corrected chi connectivity index (χ2v) is 9.24. The van der Waals surface area contributed by atoms with Crippen LogP contribution in [-0.4, -0.2) is 65.2 Å². The predicted molar refractivity (Wildman–Crippen MR) is 125 cm³/mol. The molecule has 0 aliphatic carbocycles. The number of benzene rings is 2. The Morgan fingerprint density at radius 3 is 2.61 bits per heavy atom. The Morgan fingerprint density at radius 2 is 1.82 bits per heavy atom. The summed E-state index contributed by atoms with van der Waals surface area (Å²) in [5.74, 6) is 0.769. The van der Waals surface area contributed by atoms with E-state index in [0.717, 1.165) is 21.5 Å². The number of piperidine rings is 1. The third kappa shape index (κ3) is 5.03. The van der Waals surface area contributed by atoms with E-state index in [1.807, 2.05) is 54.0 Å². The Labute approximate surface area is 196 Å². The number of rotatable bonds is 5. The summed E-state index contributed by atoms with van der Waals surface area (Å²) in [6.07, 6.45) is 1.10. The van der Waals surface area contributed by atoms with Crippen molar-refractivity contribution in [2.24, 2.45) is 0 Å². The van der Waals surface area contributed by atoms with E-state index in [2.05, 4.69) is 10.3 Å². The monoisotopic (exact) mass is 466 g/mol. The molecular weight excluding hydrogens is 440 g/mol. The standard InChI is InChI=1S/C24H26N4O4S/c29-23(28-13-19(14-28)32-20-7-4-8-21-22(20)25-16-33-21)26-18-9-11-27(12-10-18)24(30)31-15-17-5-2-1-3-6-17/h1-8,16,18-19H,9-15H2,(H,26,29). The number of hydrogen-bond acceptors (Lipinski definition) is 6. The van der Waals surface area contributed by atoms with E-state index in [9.17, 15) is 9.59 Å². The smallest absolute Gasteiger partial charge is 0.410 e. The minimum Gasteiger partial charge on any atom is -0.484 e. The molecule has 3 aromatic rings. The van der Waals surface area contributed by atoms with E-state index in [1.54, 1.807) is 21.1 Å². The lowest BCUT2D eigenvalue weighted by Crippen LogP contribution is -2.60. The van der Waals surface area contributed by atoms with Gasteiger partial charge in [0.15, 0.2) is 0 Å². The SMILES string of the molecule is O=C(NC1CCN(C(=O)OCc2ccccc2)CC1)N1CC(Oc2cccc3scnc23)C1. The molecule has 3 amide bonds. The lowest BCUT2D eigenvalue weighted by atomic mass is 10.1. The third-order valence-electron chi connectivity index (χ3n) is 6.04. The summed E-state index contributed by atoms with van der Waals surface area (Å²) in [6, 6.07) is 15.5. The molecule has 3 heterocycles. The van der Waals surface area contributed by atoms with Crippen molar-refractivity contribution in [3.8, 4) is 5.75 Å². The number of nitrogens with one attached hydrogen (secondary N) is 1. The first-order valence-electron chi connectivity index (χ1n) is 11.2. The fourth-order valence-electron chi connectivity index (χ4n) is 4.10. The Bertz CT molecular complexity index is 1110. The number of carbonyl (C=O) groups excluding carboxylic acids is 2. The van der Waals surface area contributed by atoms with Crippen LogP contribution in [0.2, 0.25) is 0 Å². The summed E-state index contributed by atoms with van der Waals surface area (Å²) in [7, 11) is 0. The van der Waals surface area contributed by atoms with E-state index in [0.29, 0.717) is 39.0 Å². The van der Waals surface area contributed by atoms with Crippen molar-refractivity contribution in [1.29, 1.82) is 0 Å². The predicted octanol–water partition coefficient (Wildman–Crippen LogP) is 3.87. The maximum Gasteiger partial charge on any atom is 0.410 e. The zero-order chi connectivity index (χ0) is 22.6. The number of nitrogens with zero attached hydrogens (tertiary/aromatic N) is 3. The second-order valence-electron chi connectivity index (χ2n) is 8.35. The first-order chi connectivity index (χ1) is 16.2. The van der Waals surface area contributed by atoms with Crippen LogP contribution in [0.15, 0.2) is 54.0 Å². The van der Waals surface area contributed by atoms with Crippen LogP contribution in [0.25, 0.3) is 10.2 Å². The van der Waals surface area contributed by atoms with E-state index in [1.165, 1.54) is 0 Å². The Morgan fingerprint density at radius 1 is 1.03 bits per heavy atom. The lowest BCUT2D eigenvalue weighted by molar-refractivity contribution is 0.0428. The topological polar surface area (TPSA) is 84.0 Å². The highest BCUT2D eigenvalue weighted by Crippen LogP contribution is 2.29. The molecule has 0 unspecified atom stereocenters. The molecule has 0 atom stereocenters. The van der Waals surface area contributed by atoms with Crippen molar-refractivity contribution in [3.05, 3.63) is 59.6 Å². The van der Waals surface area contributed by atoms with Crippen LogP contribution in [0, 0.1) is 0 Å². The van der Waals surface area contributed by atoms with Crippen LogP contribution < -0.4 is 10.1 Å². The Kier molecular flexibility index (Phi) is 6.30. The van der Waals surface area contributed by atoms with Crippen LogP contribution >= 0.6 is 11.3 Å². The zero-order valence-corrected chi connectivity index (χ0v) is 19.0. The van der Waals surface area contributed by atoms with Gasteiger partial charge >= 0.3 is 12.1 Å². The van der Waals surface area contributed by atoms with Crippen molar-refractivity contribution in [2.75, 3.05) is 26.2 Å². The van der Waals surface area contributed by atoms with Gasteiger partial charge in [-0.05, 0) is 30.5 Å². The number of urea groups is 1. The molecular formula is C24H26N4O4S. The summed E-state index contributed by atoms with van der Waals surface area (Å²) in [6.45, 7) is 2.52. The van der Waals surface area contributed by atoms with Gasteiger partial charge in [-0.15, -0.1) is 11.3 Å². The molecule has 0 bridgehead atoms. The largest absolute Gasteiger partial charge is 0.484 e. The molecule has 1 N–H and O–H groups in total. The van der Waals surface area contributed by atoms with Gasteiger partial charge in [-0.25, -0.2) is 14.6 Å². The summed E-state index contributed by atoms with van der Waals surface area (Å²) in [5, 5.41) is 3.09. The molecule has 0 saturated carbocycles. The minimum absolute atomic E-state index is 0.0238. The van der Waals surface area contributed by atoms with Gasteiger partial charge in [-0.1, -0.05) is 36.4 Å². The van der Waals surface area contributed by atoms with Gasteiger partial charge in [0.1, 0.15) is 24.0 Å². The minimum atomic E-state index is -0.304. The number of amides is 3. The maximum atomic E-state index is 12.6. The summed E-state index contributed by atoms with van der Waals surface area (Å²) in [5.41, 5.74) is 3.65. The number of fused-ring (bicyclic) bond motifs is 1. The molecule has 172 valence electrons. The molecule has 2 fully saturated rings. The van der Waals surface area contributed by atoms with Crippen LogP contribution in [0.4, 0.5) is 9.59 Å². The Balaban J connectivity index is 1.02. The van der Waals surface area contributed by atoms with Gasteiger partial charge in [0.25, 0.3) is 0 Å². The van der Waals surface area contributed by atoms with Crippen molar-refractivity contribution in [2.45, 2.75) is 31.6 Å². The molecule has 5 rings (SSSR count). The van der Waals surface area contributed by atoms with Crippen molar-refractivity contribution in [3.63, 3.8) is 0 Å². The first-order valence-corrected chi connectivity index (χ1v) is 12.0. The van der Waals surface area contributed by atoms with Crippen molar-refractivity contribution in [1.82, 2.24) is 20.1 Å². The van der Waals surface area contributed by atoms with Crippen LogP contribution in [0.5, 0.6) is 5.75 Å². The fraction of sp³-hybridized carbons (Fsp3) is 0.375. The van der Waals surface area contributed by atoms with Gasteiger partial charge in [0.05, 0.1) is 23.3 Å². The molecule has 0 spiro atoms.